The van der Waals surface area contributed by atoms with E-state index in [1.165, 1.54) is 0 Å². The minimum Gasteiger partial charge on any atom is -0.479 e. The molecule has 0 aromatic heterocycles. The molecular formula is C25H21F2NO4. The van der Waals surface area contributed by atoms with E-state index >= 15 is 0 Å². The third-order valence-corrected chi connectivity index (χ3v) is 5.66. The summed E-state index contributed by atoms with van der Waals surface area (Å²) in [6.45, 7) is 1.56. The lowest BCUT2D eigenvalue weighted by atomic mass is 9.98. The Morgan fingerprint density at radius 1 is 0.969 bits per heavy atom. The second-order valence-electron chi connectivity index (χ2n) is 7.53. The first-order chi connectivity index (χ1) is 15.4. The van der Waals surface area contributed by atoms with Crippen molar-refractivity contribution in [3.05, 3.63) is 95.1 Å². The summed E-state index contributed by atoms with van der Waals surface area (Å²) in [7, 11) is 0. The second-order valence-corrected chi connectivity index (χ2v) is 7.53. The number of carboxylic acid groups (broad SMARTS) is 1. The van der Waals surface area contributed by atoms with Crippen LogP contribution in [-0.2, 0) is 9.53 Å². The lowest BCUT2D eigenvalue weighted by Gasteiger charge is -2.28. The second kappa shape index (κ2) is 8.78. The zero-order valence-electron chi connectivity index (χ0n) is 17.3. The fourth-order valence-corrected chi connectivity index (χ4v) is 4.28. The van der Waals surface area contributed by atoms with Gasteiger partial charge in [0.15, 0.2) is 6.04 Å². The van der Waals surface area contributed by atoms with Crippen LogP contribution in [0, 0.1) is 11.6 Å². The summed E-state index contributed by atoms with van der Waals surface area (Å²) in [5.41, 5.74) is 3.99. The van der Waals surface area contributed by atoms with Crippen LogP contribution in [0.2, 0.25) is 0 Å². The maximum atomic E-state index is 13.7. The molecular weight excluding hydrogens is 416 g/mol. The smallest absolute Gasteiger partial charge is 0.410 e. The van der Waals surface area contributed by atoms with Crippen LogP contribution in [0.3, 0.4) is 0 Å². The summed E-state index contributed by atoms with van der Waals surface area (Å²) in [6.07, 6.45) is -0.869. The van der Waals surface area contributed by atoms with Gasteiger partial charge in [-0.2, -0.15) is 0 Å². The minimum absolute atomic E-state index is 0.00715. The largest absolute Gasteiger partial charge is 0.479 e. The quantitative estimate of drug-likeness (QED) is 0.564. The van der Waals surface area contributed by atoms with Gasteiger partial charge in [0.25, 0.3) is 0 Å². The van der Waals surface area contributed by atoms with Gasteiger partial charge in [0, 0.05) is 18.5 Å². The number of carbonyl (C=O) groups is 2. The molecule has 0 aliphatic heterocycles. The molecule has 164 valence electrons. The zero-order valence-corrected chi connectivity index (χ0v) is 17.3. The number of aliphatic carboxylic acids is 1. The summed E-state index contributed by atoms with van der Waals surface area (Å²) < 4.78 is 32.9. The van der Waals surface area contributed by atoms with E-state index in [0.717, 1.165) is 39.3 Å². The number of ether oxygens (including phenoxy) is 1. The van der Waals surface area contributed by atoms with Gasteiger partial charge in [0.2, 0.25) is 0 Å². The van der Waals surface area contributed by atoms with E-state index in [9.17, 15) is 23.5 Å². The average molecular weight is 437 g/mol. The molecule has 4 rings (SSSR count). The van der Waals surface area contributed by atoms with E-state index in [2.05, 4.69) is 0 Å². The van der Waals surface area contributed by atoms with Gasteiger partial charge < -0.3 is 9.84 Å². The number of carboxylic acids is 1. The molecule has 32 heavy (non-hydrogen) atoms. The van der Waals surface area contributed by atoms with Gasteiger partial charge in [0.05, 0.1) is 0 Å². The SMILES string of the molecule is CCN(C(=O)OCC1c2ccccc2-c2ccccc21)C(C(=O)O)c1cc(F)cc(F)c1. The van der Waals surface area contributed by atoms with Gasteiger partial charge in [0.1, 0.15) is 18.2 Å². The Bertz CT molecular complexity index is 1110. The first kappa shape index (κ1) is 21.5. The summed E-state index contributed by atoms with van der Waals surface area (Å²) in [5.74, 6) is -3.45. The maximum absolute atomic E-state index is 13.7. The molecule has 0 fully saturated rings. The fourth-order valence-electron chi connectivity index (χ4n) is 4.28. The fraction of sp³-hybridized carbons (Fsp3) is 0.200. The lowest BCUT2D eigenvalue weighted by Crippen LogP contribution is -2.39. The van der Waals surface area contributed by atoms with Gasteiger partial charge in [-0.1, -0.05) is 48.5 Å². The van der Waals surface area contributed by atoms with E-state index in [1.807, 2.05) is 48.5 Å². The number of nitrogens with zero attached hydrogens (tertiary/aromatic N) is 1. The standard InChI is InChI=1S/C25H21F2NO4/c1-2-28(23(24(29)30)15-11-16(26)13-17(27)12-15)25(31)32-14-22-20-9-5-3-7-18(20)19-8-4-6-10-21(19)22/h3-13,22-23H,2,14H2,1H3,(H,29,30). The Hall–Kier alpha value is -3.74. The topological polar surface area (TPSA) is 66.8 Å². The highest BCUT2D eigenvalue weighted by Crippen LogP contribution is 2.44. The van der Waals surface area contributed by atoms with Crippen molar-refractivity contribution >= 4 is 12.1 Å². The Morgan fingerprint density at radius 2 is 1.50 bits per heavy atom. The molecule has 1 amide bonds. The molecule has 1 atom stereocenters. The van der Waals surface area contributed by atoms with Crippen molar-refractivity contribution in [2.24, 2.45) is 0 Å². The zero-order chi connectivity index (χ0) is 22.8. The first-order valence-electron chi connectivity index (χ1n) is 10.2. The number of benzene rings is 3. The molecule has 0 spiro atoms. The van der Waals surface area contributed by atoms with Crippen molar-refractivity contribution in [1.29, 1.82) is 0 Å². The van der Waals surface area contributed by atoms with Gasteiger partial charge in [-0.25, -0.2) is 18.4 Å². The number of rotatable bonds is 6. The molecule has 1 aliphatic carbocycles. The highest BCUT2D eigenvalue weighted by molar-refractivity contribution is 5.82. The van der Waals surface area contributed by atoms with Crippen LogP contribution in [0.5, 0.6) is 0 Å². The van der Waals surface area contributed by atoms with Crippen molar-refractivity contribution in [2.45, 2.75) is 18.9 Å². The molecule has 3 aromatic carbocycles. The van der Waals surface area contributed by atoms with Crippen LogP contribution in [0.25, 0.3) is 11.1 Å². The van der Waals surface area contributed by atoms with Crippen LogP contribution < -0.4 is 0 Å². The first-order valence-corrected chi connectivity index (χ1v) is 10.2. The summed E-state index contributed by atoms with van der Waals surface area (Å²) in [6, 6.07) is 16.5. The monoisotopic (exact) mass is 437 g/mol. The Labute approximate surface area is 183 Å². The van der Waals surface area contributed by atoms with E-state index < -0.39 is 29.7 Å². The van der Waals surface area contributed by atoms with Crippen LogP contribution in [0.1, 0.15) is 35.6 Å². The summed E-state index contributed by atoms with van der Waals surface area (Å²) in [5, 5.41) is 9.70. The molecule has 0 radical (unpaired) electrons. The van der Waals surface area contributed by atoms with Crippen LogP contribution in [0.15, 0.2) is 66.7 Å². The number of hydrogen-bond acceptors (Lipinski definition) is 3. The molecule has 1 N–H and O–H groups in total. The number of fused-ring (bicyclic) bond motifs is 3. The van der Waals surface area contributed by atoms with Gasteiger partial charge in [-0.3, -0.25) is 4.90 Å². The van der Waals surface area contributed by atoms with Crippen molar-refractivity contribution in [2.75, 3.05) is 13.2 Å². The summed E-state index contributed by atoms with van der Waals surface area (Å²) in [4.78, 5) is 25.8. The minimum atomic E-state index is -1.58. The third kappa shape index (κ3) is 3.93. The number of carbonyl (C=O) groups excluding carboxylic acids is 1. The van der Waals surface area contributed by atoms with Crippen LogP contribution in [-0.4, -0.2) is 35.2 Å². The van der Waals surface area contributed by atoms with Crippen molar-refractivity contribution in [3.8, 4) is 11.1 Å². The summed E-state index contributed by atoms with van der Waals surface area (Å²) >= 11 is 0. The normalized spacial score (nSPS) is 13.2. The Morgan fingerprint density at radius 3 is 2.00 bits per heavy atom. The van der Waals surface area contributed by atoms with E-state index in [4.69, 9.17) is 4.74 Å². The number of halogens is 2. The lowest BCUT2D eigenvalue weighted by molar-refractivity contribution is -0.143. The third-order valence-electron chi connectivity index (χ3n) is 5.66. The number of likely N-dealkylation sites (N-methyl/N-ethyl adjacent to an activating group) is 1. The Balaban J connectivity index is 1.58. The highest BCUT2D eigenvalue weighted by Gasteiger charge is 2.34. The van der Waals surface area contributed by atoms with Crippen LogP contribution in [0.4, 0.5) is 13.6 Å². The predicted octanol–water partition coefficient (Wildman–Crippen LogP) is 5.36. The van der Waals surface area contributed by atoms with Crippen LogP contribution >= 0.6 is 0 Å². The predicted molar refractivity (Wildman–Crippen MR) is 114 cm³/mol. The molecule has 1 unspecified atom stereocenters. The molecule has 0 heterocycles. The van der Waals surface area contributed by atoms with Gasteiger partial charge in [-0.05, 0) is 46.9 Å². The number of amides is 1. The van der Waals surface area contributed by atoms with E-state index in [1.54, 1.807) is 6.92 Å². The average Bonchev–Trinajstić information content (AvgIpc) is 3.08. The van der Waals surface area contributed by atoms with Crippen molar-refractivity contribution in [3.63, 3.8) is 0 Å². The molecule has 3 aromatic rings. The molecule has 7 heteroatoms. The van der Waals surface area contributed by atoms with Crippen molar-refractivity contribution in [1.82, 2.24) is 4.90 Å². The van der Waals surface area contributed by atoms with E-state index in [-0.39, 0.29) is 24.6 Å². The highest BCUT2D eigenvalue weighted by atomic mass is 19.1. The van der Waals surface area contributed by atoms with Crippen molar-refractivity contribution < 1.29 is 28.2 Å². The number of hydrogen-bond donors (Lipinski definition) is 1. The molecule has 0 bridgehead atoms. The molecule has 5 nitrogen and oxygen atoms in total. The van der Waals surface area contributed by atoms with Gasteiger partial charge >= 0.3 is 12.1 Å². The molecule has 0 saturated heterocycles. The molecule has 1 aliphatic rings. The molecule has 0 saturated carbocycles. The Kier molecular flexibility index (Phi) is 5.90. The maximum Gasteiger partial charge on any atom is 0.410 e. The van der Waals surface area contributed by atoms with E-state index in [0.29, 0.717) is 6.07 Å². The van der Waals surface area contributed by atoms with Gasteiger partial charge in [-0.15, -0.1) is 0 Å².